The molecule has 1 unspecified atom stereocenters. The van der Waals surface area contributed by atoms with Crippen LogP contribution in [0.3, 0.4) is 0 Å². The van der Waals surface area contributed by atoms with Gasteiger partial charge in [-0.3, -0.25) is 4.98 Å². The molecule has 0 saturated heterocycles. The third-order valence-corrected chi connectivity index (χ3v) is 11.6. The zero-order valence-electron chi connectivity index (χ0n) is 21.4. The van der Waals surface area contributed by atoms with Crippen LogP contribution in [0.1, 0.15) is 78.0 Å². The summed E-state index contributed by atoms with van der Waals surface area (Å²) in [6.07, 6.45) is 10.9. The van der Waals surface area contributed by atoms with Crippen molar-refractivity contribution in [2.45, 2.75) is 96.9 Å². The van der Waals surface area contributed by atoms with Crippen LogP contribution < -0.4 is 0 Å². The summed E-state index contributed by atoms with van der Waals surface area (Å²) >= 11 is 0. The molecule has 4 aliphatic carbocycles. The van der Waals surface area contributed by atoms with Crippen molar-refractivity contribution in [1.29, 1.82) is 0 Å². The average molecular weight is 483 g/mol. The van der Waals surface area contributed by atoms with Gasteiger partial charge in [-0.25, -0.2) is 4.98 Å². The molecule has 2 aromatic heterocycles. The highest BCUT2D eigenvalue weighted by atomic mass is 16.3. The van der Waals surface area contributed by atoms with Gasteiger partial charge >= 0.3 is 0 Å². The number of hydrogen-bond acceptors (Lipinski definition) is 6. The molecule has 2 heterocycles. The van der Waals surface area contributed by atoms with Crippen molar-refractivity contribution in [3.05, 3.63) is 24.4 Å². The molecule has 2 aromatic rings. The van der Waals surface area contributed by atoms with Crippen LogP contribution in [0.25, 0.3) is 11.1 Å². The lowest BCUT2D eigenvalue weighted by molar-refractivity contribution is -0.207. The number of fused-ring (bicyclic) bond motifs is 6. The van der Waals surface area contributed by atoms with Crippen LogP contribution in [-0.2, 0) is 6.42 Å². The Morgan fingerprint density at radius 1 is 1.09 bits per heavy atom. The third-order valence-electron chi connectivity index (χ3n) is 11.6. The molecule has 0 radical (unpaired) electrons. The first-order valence-corrected chi connectivity index (χ1v) is 14.0. The minimum Gasteiger partial charge on any atom is -0.441 e. The molecule has 0 aromatic carbocycles. The number of aliphatic hydroxyl groups is 3. The Kier molecular flexibility index (Phi) is 5.82. The maximum atomic E-state index is 11.8. The Morgan fingerprint density at radius 2 is 1.91 bits per heavy atom. The highest BCUT2D eigenvalue weighted by Crippen LogP contribution is 2.68. The minimum absolute atomic E-state index is 0.122. The molecule has 0 aliphatic heterocycles. The van der Waals surface area contributed by atoms with Gasteiger partial charge in [0.25, 0.3) is 0 Å². The van der Waals surface area contributed by atoms with Gasteiger partial charge in [0.05, 0.1) is 24.5 Å². The van der Waals surface area contributed by atoms with E-state index in [1.165, 1.54) is 0 Å². The number of nitrogens with zero attached hydrogens (tertiary/aromatic N) is 2. The molecular weight excluding hydrogens is 440 g/mol. The second-order valence-electron chi connectivity index (χ2n) is 13.0. The summed E-state index contributed by atoms with van der Waals surface area (Å²) in [4.78, 5) is 8.75. The molecule has 6 nitrogen and oxygen atoms in total. The lowest BCUT2D eigenvalue weighted by atomic mass is 9.43. The normalized spacial score (nSPS) is 46.1. The van der Waals surface area contributed by atoms with E-state index in [-0.39, 0.29) is 35.1 Å². The first-order valence-electron chi connectivity index (χ1n) is 14.0. The van der Waals surface area contributed by atoms with E-state index in [9.17, 15) is 15.3 Å². The topological polar surface area (TPSA) is 99.6 Å². The van der Waals surface area contributed by atoms with Crippen LogP contribution in [0, 0.1) is 46.3 Å². The Hall–Kier alpha value is -1.50. The predicted octanol–water partition coefficient (Wildman–Crippen LogP) is 4.75. The number of oxazole rings is 1. The van der Waals surface area contributed by atoms with Crippen LogP contribution in [0.4, 0.5) is 0 Å². The average Bonchev–Trinajstić information content (AvgIpc) is 3.41. The quantitative estimate of drug-likeness (QED) is 0.581. The van der Waals surface area contributed by atoms with Gasteiger partial charge in [-0.2, -0.15) is 0 Å². The summed E-state index contributed by atoms with van der Waals surface area (Å²) in [6, 6.07) is 1.86. The summed E-state index contributed by atoms with van der Waals surface area (Å²) in [7, 11) is 0. The number of rotatable bonds is 4. The van der Waals surface area contributed by atoms with Gasteiger partial charge in [-0.15, -0.1) is 0 Å². The van der Waals surface area contributed by atoms with E-state index in [2.05, 4.69) is 30.7 Å². The molecule has 11 atom stereocenters. The van der Waals surface area contributed by atoms with Gasteiger partial charge in [0.2, 0.25) is 0 Å². The van der Waals surface area contributed by atoms with Crippen molar-refractivity contribution < 1.29 is 19.7 Å². The van der Waals surface area contributed by atoms with E-state index < -0.39 is 0 Å². The smallest absolute Gasteiger partial charge is 0.195 e. The van der Waals surface area contributed by atoms with Crippen molar-refractivity contribution in [1.82, 2.24) is 9.97 Å². The lowest BCUT2D eigenvalue weighted by Crippen LogP contribution is -2.62. The summed E-state index contributed by atoms with van der Waals surface area (Å²) in [6.45, 7) is 7.05. The summed E-state index contributed by atoms with van der Waals surface area (Å²) in [5.41, 5.74) is 1.56. The zero-order valence-corrected chi connectivity index (χ0v) is 21.4. The highest BCUT2D eigenvalue weighted by Gasteiger charge is 2.65. The van der Waals surface area contributed by atoms with E-state index in [1.807, 2.05) is 6.07 Å². The number of aryl methyl sites for hydroxylation is 1. The van der Waals surface area contributed by atoms with Gasteiger partial charge in [0.1, 0.15) is 5.52 Å². The number of aliphatic hydroxyl groups excluding tert-OH is 3. The Labute approximate surface area is 208 Å². The van der Waals surface area contributed by atoms with Crippen LogP contribution in [-0.4, -0.2) is 43.6 Å². The first kappa shape index (κ1) is 23.9. The maximum Gasteiger partial charge on any atom is 0.195 e. The third kappa shape index (κ3) is 3.61. The SMILES string of the molecule is CC(CCc1nc2cnccc2o1)[C@H]1CC[C@H]2[C@@H]3[C@H](O)C[C@@H]4C[C@H](O)CC[C@]4(C)[C@H]3C[C@H](O)[C@]12C. The number of pyridine rings is 1. The molecule has 0 spiro atoms. The van der Waals surface area contributed by atoms with Gasteiger partial charge < -0.3 is 19.7 Å². The molecule has 6 rings (SSSR count). The fraction of sp³-hybridized carbons (Fsp3) is 0.793. The molecule has 6 heteroatoms. The molecule has 4 fully saturated rings. The van der Waals surface area contributed by atoms with Crippen molar-refractivity contribution in [3.63, 3.8) is 0 Å². The molecule has 3 N–H and O–H groups in total. The maximum absolute atomic E-state index is 11.8. The van der Waals surface area contributed by atoms with Crippen molar-refractivity contribution in [2.24, 2.45) is 46.3 Å². The summed E-state index contributed by atoms with van der Waals surface area (Å²) in [5, 5.41) is 33.5. The Morgan fingerprint density at radius 3 is 2.71 bits per heavy atom. The standard InChI is InChI=1S/C29H42N2O4/c1-16(4-7-26-31-22-15-30-11-9-24(22)35-26)19-5-6-20-27-21(14-25(34)29(19,20)3)28(2)10-8-18(32)12-17(28)13-23(27)33/h9,11,15-21,23,25,27,32-34H,4-8,10,12-14H2,1-3H3/t16?,17-,18+,19+,20-,21-,23+,25-,27-,28-,29+/m0/s1. The van der Waals surface area contributed by atoms with Crippen molar-refractivity contribution in [2.75, 3.05) is 0 Å². The number of hydrogen-bond donors (Lipinski definition) is 3. The van der Waals surface area contributed by atoms with Crippen molar-refractivity contribution in [3.8, 4) is 0 Å². The minimum atomic E-state index is -0.339. The van der Waals surface area contributed by atoms with E-state index >= 15 is 0 Å². The highest BCUT2D eigenvalue weighted by molar-refractivity contribution is 5.70. The van der Waals surface area contributed by atoms with E-state index in [4.69, 9.17) is 4.42 Å². The fourth-order valence-corrected chi connectivity index (χ4v) is 9.62. The second-order valence-corrected chi connectivity index (χ2v) is 13.0. The number of aromatic nitrogens is 2. The van der Waals surface area contributed by atoms with Crippen LogP contribution >= 0.6 is 0 Å². The molecular formula is C29H42N2O4. The summed E-state index contributed by atoms with van der Waals surface area (Å²) < 4.78 is 5.94. The molecule has 0 bridgehead atoms. The summed E-state index contributed by atoms with van der Waals surface area (Å²) in [5.74, 6) is 2.98. The monoisotopic (exact) mass is 482 g/mol. The largest absolute Gasteiger partial charge is 0.441 e. The Bertz CT molecular complexity index is 1040. The van der Waals surface area contributed by atoms with Crippen LogP contribution in [0.15, 0.2) is 22.9 Å². The van der Waals surface area contributed by atoms with Gasteiger partial charge in [0.15, 0.2) is 11.5 Å². The second kappa shape index (κ2) is 8.53. The molecule has 4 saturated carbocycles. The zero-order chi connectivity index (χ0) is 24.5. The first-order chi connectivity index (χ1) is 16.7. The lowest BCUT2D eigenvalue weighted by Gasteiger charge is -2.63. The van der Waals surface area contributed by atoms with E-state index in [0.29, 0.717) is 29.6 Å². The molecule has 4 aliphatic rings. The Balaban J connectivity index is 1.21. The molecule has 192 valence electrons. The van der Waals surface area contributed by atoms with Crippen LogP contribution in [0.2, 0.25) is 0 Å². The molecule has 0 amide bonds. The van der Waals surface area contributed by atoms with Gasteiger partial charge in [-0.1, -0.05) is 20.8 Å². The molecule has 35 heavy (non-hydrogen) atoms. The van der Waals surface area contributed by atoms with Crippen LogP contribution in [0.5, 0.6) is 0 Å². The van der Waals surface area contributed by atoms with Gasteiger partial charge in [0, 0.05) is 18.7 Å². The van der Waals surface area contributed by atoms with E-state index in [1.54, 1.807) is 12.4 Å². The van der Waals surface area contributed by atoms with Gasteiger partial charge in [-0.05, 0) is 97.7 Å². The fourth-order valence-electron chi connectivity index (χ4n) is 9.62. The van der Waals surface area contributed by atoms with E-state index in [0.717, 1.165) is 74.8 Å². The van der Waals surface area contributed by atoms with Crippen molar-refractivity contribution >= 4 is 11.1 Å². The predicted molar refractivity (Wildman–Crippen MR) is 133 cm³/mol.